The fraction of sp³-hybridized carbons (Fsp3) is 0.217. The van der Waals surface area contributed by atoms with Crippen LogP contribution in [0.4, 0.5) is 0 Å². The van der Waals surface area contributed by atoms with Crippen LogP contribution < -0.4 is 0 Å². The number of benzene rings is 1. The first-order valence-corrected chi connectivity index (χ1v) is 12.1. The van der Waals surface area contributed by atoms with Gasteiger partial charge in [0.05, 0.1) is 12.1 Å². The zero-order valence-electron chi connectivity index (χ0n) is 15.2. The van der Waals surface area contributed by atoms with E-state index in [1.54, 1.807) is 0 Å². The zero-order chi connectivity index (χ0) is 18.8. The van der Waals surface area contributed by atoms with E-state index in [2.05, 4.69) is 43.2 Å². The van der Waals surface area contributed by atoms with E-state index < -0.39 is 13.5 Å². The molecule has 0 heterocycles. The van der Waals surface area contributed by atoms with Crippen LogP contribution in [0, 0.1) is 45.5 Å². The molecule has 0 fully saturated rings. The Labute approximate surface area is 156 Å². The summed E-state index contributed by atoms with van der Waals surface area (Å²) in [6, 6.07) is 12.5. The normalized spacial score (nSPS) is 19.8. The number of hydrogen-bond donors (Lipinski definition) is 0. The van der Waals surface area contributed by atoms with Crippen molar-refractivity contribution in [3.63, 3.8) is 0 Å². The average molecular weight is 353 g/mol. The van der Waals surface area contributed by atoms with Gasteiger partial charge >= 0.3 is 0 Å². The third-order valence-corrected chi connectivity index (χ3v) is 5.38. The van der Waals surface area contributed by atoms with E-state index in [9.17, 15) is 10.5 Å². The highest BCUT2D eigenvalue weighted by Crippen LogP contribution is 2.51. The predicted molar refractivity (Wildman–Crippen MR) is 108 cm³/mol. The van der Waals surface area contributed by atoms with Gasteiger partial charge in [0.15, 0.2) is 5.41 Å². The lowest BCUT2D eigenvalue weighted by Crippen LogP contribution is -2.24. The monoisotopic (exact) mass is 352 g/mol. The smallest absolute Gasteiger partial charge is 0.179 e. The topological polar surface area (TPSA) is 47.6 Å². The molecule has 3 rings (SSSR count). The van der Waals surface area contributed by atoms with Crippen molar-refractivity contribution in [2.45, 2.75) is 19.6 Å². The first-order valence-electron chi connectivity index (χ1n) is 8.63. The second-order valence-corrected chi connectivity index (χ2v) is 12.3. The minimum atomic E-state index is -1.42. The number of hydrogen-bond acceptors (Lipinski definition) is 2. The fourth-order valence-corrected chi connectivity index (χ4v) is 3.71. The van der Waals surface area contributed by atoms with Crippen molar-refractivity contribution in [1.82, 2.24) is 0 Å². The van der Waals surface area contributed by atoms with Crippen LogP contribution >= 0.6 is 0 Å². The van der Waals surface area contributed by atoms with E-state index in [-0.39, 0.29) is 5.92 Å². The molecule has 0 saturated heterocycles. The summed E-state index contributed by atoms with van der Waals surface area (Å²) in [6.07, 6.45) is 11.7. The van der Waals surface area contributed by atoms with Crippen LogP contribution in [-0.2, 0) is 0 Å². The van der Waals surface area contributed by atoms with Gasteiger partial charge in [-0.05, 0) is 28.8 Å². The molecule has 2 aliphatic carbocycles. The van der Waals surface area contributed by atoms with Crippen LogP contribution in [0.1, 0.15) is 11.1 Å². The van der Waals surface area contributed by atoms with Crippen LogP contribution in [0.2, 0.25) is 19.6 Å². The minimum absolute atomic E-state index is 0.242. The fourth-order valence-electron chi connectivity index (χ4n) is 3.19. The number of nitrogens with zero attached hydrogens (tertiary/aromatic N) is 2. The minimum Gasteiger partial charge on any atom is -0.196 e. The van der Waals surface area contributed by atoms with Crippen molar-refractivity contribution < 1.29 is 0 Å². The van der Waals surface area contributed by atoms with E-state index in [0.717, 1.165) is 22.3 Å². The lowest BCUT2D eigenvalue weighted by Gasteiger charge is -2.23. The molecule has 0 bridgehead atoms. The summed E-state index contributed by atoms with van der Waals surface area (Å²) < 4.78 is 0. The average Bonchev–Trinajstić information content (AvgIpc) is 2.76. The van der Waals surface area contributed by atoms with Crippen molar-refractivity contribution in [3.05, 3.63) is 77.4 Å². The maximum absolute atomic E-state index is 9.89. The number of rotatable bonds is 1. The molecule has 1 aromatic carbocycles. The molecule has 1 aromatic rings. The lowest BCUT2D eigenvalue weighted by atomic mass is 9.73. The highest BCUT2D eigenvalue weighted by atomic mass is 28.3. The molecule has 3 heteroatoms. The molecule has 0 aliphatic heterocycles. The number of allylic oxidation sites excluding steroid dienone is 8. The van der Waals surface area contributed by atoms with Crippen LogP contribution in [0.5, 0.6) is 0 Å². The van der Waals surface area contributed by atoms with Gasteiger partial charge in [0.2, 0.25) is 0 Å². The SMILES string of the molecule is C[Si](C)(C)C#Cc1ccc(C2=CC3=CC=CC=CC3C2(C#N)C#N)cc1. The van der Waals surface area contributed by atoms with Gasteiger partial charge in [-0.3, -0.25) is 0 Å². The standard InChI is InChI=1S/C23H20N2Si/c1-26(2,3)14-13-18-9-11-19(12-10-18)22-15-20-7-5-4-6-8-21(20)23(22,16-24)17-25/h4-12,15,21H,1-3H3. The van der Waals surface area contributed by atoms with E-state index in [0.29, 0.717) is 0 Å². The first kappa shape index (κ1) is 17.8. The van der Waals surface area contributed by atoms with Gasteiger partial charge in [-0.1, -0.05) is 74.2 Å². The van der Waals surface area contributed by atoms with Gasteiger partial charge in [-0.15, -0.1) is 5.54 Å². The van der Waals surface area contributed by atoms with Crippen LogP contribution in [0.3, 0.4) is 0 Å². The largest absolute Gasteiger partial charge is 0.196 e. The molecule has 1 atom stereocenters. The van der Waals surface area contributed by atoms with Crippen molar-refractivity contribution >= 4 is 13.6 Å². The Morgan fingerprint density at radius 2 is 1.65 bits per heavy atom. The lowest BCUT2D eigenvalue weighted by molar-refractivity contribution is 0.578. The molecular weight excluding hydrogens is 332 g/mol. The van der Waals surface area contributed by atoms with Gasteiger partial charge < -0.3 is 0 Å². The van der Waals surface area contributed by atoms with Crippen LogP contribution in [0.15, 0.2) is 66.3 Å². The van der Waals surface area contributed by atoms with Gasteiger partial charge in [-0.2, -0.15) is 10.5 Å². The Balaban J connectivity index is 2.04. The van der Waals surface area contributed by atoms with E-state index >= 15 is 0 Å². The molecule has 2 nitrogen and oxygen atoms in total. The zero-order valence-corrected chi connectivity index (χ0v) is 16.2. The van der Waals surface area contributed by atoms with Gasteiger partial charge in [-0.25, -0.2) is 0 Å². The molecule has 0 spiro atoms. The molecule has 1 unspecified atom stereocenters. The molecule has 26 heavy (non-hydrogen) atoms. The summed E-state index contributed by atoms with van der Waals surface area (Å²) in [5.74, 6) is 3.00. The molecule has 0 saturated carbocycles. The Hall–Kier alpha value is -3.06. The Morgan fingerprint density at radius 3 is 2.27 bits per heavy atom. The second kappa shape index (κ2) is 6.68. The molecule has 126 valence electrons. The molecular formula is C23H20N2Si. The Bertz CT molecular complexity index is 974. The highest BCUT2D eigenvalue weighted by Gasteiger charge is 2.48. The van der Waals surface area contributed by atoms with Crippen molar-refractivity contribution in [2.75, 3.05) is 0 Å². The maximum Gasteiger partial charge on any atom is 0.179 e. The summed E-state index contributed by atoms with van der Waals surface area (Å²) in [4.78, 5) is 0. The molecule has 0 aromatic heterocycles. The quantitative estimate of drug-likeness (QED) is 0.526. The molecule has 0 N–H and O–H groups in total. The molecule has 0 radical (unpaired) electrons. The number of nitriles is 2. The predicted octanol–water partition coefficient (Wildman–Crippen LogP) is 5.01. The van der Waals surface area contributed by atoms with Crippen molar-refractivity contribution in [2.24, 2.45) is 11.3 Å². The molecule has 2 aliphatic rings. The Kier molecular flexibility index (Phi) is 4.56. The first-order chi connectivity index (χ1) is 12.4. The van der Waals surface area contributed by atoms with Crippen LogP contribution in [-0.4, -0.2) is 8.07 Å². The summed E-state index contributed by atoms with van der Waals surface area (Å²) in [5.41, 5.74) is 5.79. The second-order valence-electron chi connectivity index (χ2n) is 7.58. The van der Waals surface area contributed by atoms with Gasteiger partial charge in [0.1, 0.15) is 8.07 Å². The van der Waals surface area contributed by atoms with Gasteiger partial charge in [0, 0.05) is 11.5 Å². The van der Waals surface area contributed by atoms with Crippen molar-refractivity contribution in [1.29, 1.82) is 10.5 Å². The highest BCUT2D eigenvalue weighted by molar-refractivity contribution is 6.83. The Morgan fingerprint density at radius 1 is 0.962 bits per heavy atom. The summed E-state index contributed by atoms with van der Waals surface area (Å²) in [6.45, 7) is 6.64. The van der Waals surface area contributed by atoms with Crippen molar-refractivity contribution in [3.8, 4) is 23.6 Å². The van der Waals surface area contributed by atoms with E-state index in [4.69, 9.17) is 0 Å². The van der Waals surface area contributed by atoms with Gasteiger partial charge in [0.25, 0.3) is 0 Å². The summed E-state index contributed by atoms with van der Waals surface area (Å²) in [5, 5.41) is 19.8. The summed E-state index contributed by atoms with van der Waals surface area (Å²) >= 11 is 0. The third-order valence-electron chi connectivity index (χ3n) is 4.51. The molecule has 0 amide bonds. The maximum atomic E-state index is 9.89. The van der Waals surface area contributed by atoms with E-state index in [1.807, 2.05) is 60.7 Å². The number of fused-ring (bicyclic) bond motifs is 1. The summed E-state index contributed by atoms with van der Waals surface area (Å²) in [7, 11) is -1.42. The van der Waals surface area contributed by atoms with E-state index in [1.165, 1.54) is 0 Å². The third kappa shape index (κ3) is 3.21. The van der Waals surface area contributed by atoms with Crippen LogP contribution in [0.25, 0.3) is 5.57 Å².